The molecule has 0 saturated carbocycles. The summed E-state index contributed by atoms with van der Waals surface area (Å²) in [6.07, 6.45) is 1.78. The van der Waals surface area contributed by atoms with Crippen LogP contribution in [0.2, 0.25) is 0 Å². The fourth-order valence-electron chi connectivity index (χ4n) is 2.78. The average Bonchev–Trinajstić information content (AvgIpc) is 2.73. The summed E-state index contributed by atoms with van der Waals surface area (Å²) in [5.41, 5.74) is 6.31. The highest BCUT2D eigenvalue weighted by Crippen LogP contribution is 2.35. The largest absolute Gasteiger partial charge is 0.338 e. The standard InChI is InChI=1S/C19H15N3/c1-13-7-5-10-15-17(13)18(14-8-3-2-4-9-14)21-16-11-6-12-20-19(16)22-15/h2-12H,1H3,(H,20,22). The first-order valence-corrected chi connectivity index (χ1v) is 7.29. The minimum atomic E-state index is 0.792. The summed E-state index contributed by atoms with van der Waals surface area (Å²) in [5.74, 6) is 0.792. The van der Waals surface area contributed by atoms with Crippen LogP contribution in [0, 0.1) is 6.92 Å². The van der Waals surface area contributed by atoms with Crippen LogP contribution in [0.1, 0.15) is 16.7 Å². The number of aromatic nitrogens is 1. The van der Waals surface area contributed by atoms with Gasteiger partial charge in [0.25, 0.3) is 0 Å². The van der Waals surface area contributed by atoms with E-state index in [0.717, 1.165) is 34.0 Å². The monoisotopic (exact) mass is 285 g/mol. The molecule has 0 saturated heterocycles. The Morgan fingerprint density at radius 1 is 0.864 bits per heavy atom. The Morgan fingerprint density at radius 2 is 1.73 bits per heavy atom. The van der Waals surface area contributed by atoms with Gasteiger partial charge >= 0.3 is 0 Å². The number of aryl methyl sites for hydroxylation is 1. The van der Waals surface area contributed by atoms with Crippen LogP contribution in [0.4, 0.5) is 17.2 Å². The number of nitrogens with zero attached hydrogens (tertiary/aromatic N) is 2. The van der Waals surface area contributed by atoms with Gasteiger partial charge in [0, 0.05) is 23.0 Å². The molecule has 0 fully saturated rings. The highest BCUT2D eigenvalue weighted by atomic mass is 15.0. The molecule has 1 N–H and O–H groups in total. The van der Waals surface area contributed by atoms with Gasteiger partial charge in [0.15, 0.2) is 5.82 Å². The molecule has 0 aliphatic carbocycles. The van der Waals surface area contributed by atoms with Gasteiger partial charge in [0.2, 0.25) is 0 Å². The highest BCUT2D eigenvalue weighted by Gasteiger charge is 2.19. The predicted molar refractivity (Wildman–Crippen MR) is 90.4 cm³/mol. The lowest BCUT2D eigenvalue weighted by Gasteiger charge is -2.13. The van der Waals surface area contributed by atoms with Gasteiger partial charge in [-0.05, 0) is 30.7 Å². The van der Waals surface area contributed by atoms with Gasteiger partial charge in [-0.25, -0.2) is 9.98 Å². The Bertz CT molecular complexity index is 867. The van der Waals surface area contributed by atoms with E-state index < -0.39 is 0 Å². The molecule has 1 aromatic heterocycles. The van der Waals surface area contributed by atoms with E-state index in [1.165, 1.54) is 5.56 Å². The zero-order valence-corrected chi connectivity index (χ0v) is 12.2. The van der Waals surface area contributed by atoms with Gasteiger partial charge in [0.05, 0.1) is 5.71 Å². The van der Waals surface area contributed by atoms with Gasteiger partial charge in [0.1, 0.15) is 5.69 Å². The number of benzene rings is 2. The number of aliphatic imine (C=N–C) groups is 1. The molecular weight excluding hydrogens is 270 g/mol. The molecular formula is C19H15N3. The van der Waals surface area contributed by atoms with Crippen molar-refractivity contribution in [3.8, 4) is 0 Å². The topological polar surface area (TPSA) is 37.3 Å². The Balaban J connectivity index is 2.04. The third-order valence-corrected chi connectivity index (χ3v) is 3.83. The average molecular weight is 285 g/mol. The molecule has 3 nitrogen and oxygen atoms in total. The van der Waals surface area contributed by atoms with Crippen LogP contribution in [-0.2, 0) is 0 Å². The molecule has 2 heterocycles. The molecule has 4 rings (SSSR count). The number of anilines is 2. The number of hydrogen-bond donors (Lipinski definition) is 1. The summed E-state index contributed by atoms with van der Waals surface area (Å²) in [6, 6.07) is 20.4. The van der Waals surface area contributed by atoms with Crippen molar-refractivity contribution in [2.24, 2.45) is 4.99 Å². The van der Waals surface area contributed by atoms with Crippen molar-refractivity contribution in [2.75, 3.05) is 5.32 Å². The molecule has 0 bridgehead atoms. The first kappa shape index (κ1) is 12.8. The molecule has 2 aromatic carbocycles. The molecule has 1 aliphatic rings. The summed E-state index contributed by atoms with van der Waals surface area (Å²) in [5, 5.41) is 3.42. The van der Waals surface area contributed by atoms with Gasteiger partial charge in [-0.1, -0.05) is 42.5 Å². The molecule has 0 amide bonds. The SMILES string of the molecule is Cc1cccc2c1C(c1ccccc1)=Nc1cccnc1N2. The van der Waals surface area contributed by atoms with Crippen LogP contribution >= 0.6 is 0 Å². The Hall–Kier alpha value is -2.94. The lowest BCUT2D eigenvalue weighted by atomic mass is 9.96. The number of nitrogens with one attached hydrogen (secondary N) is 1. The second-order valence-electron chi connectivity index (χ2n) is 5.32. The molecule has 3 aromatic rings. The minimum absolute atomic E-state index is 0.792. The minimum Gasteiger partial charge on any atom is -0.338 e. The fourth-order valence-corrected chi connectivity index (χ4v) is 2.78. The maximum atomic E-state index is 4.90. The second-order valence-corrected chi connectivity index (χ2v) is 5.32. The van der Waals surface area contributed by atoms with Gasteiger partial charge in [-0.15, -0.1) is 0 Å². The fraction of sp³-hybridized carbons (Fsp3) is 0.0526. The lowest BCUT2D eigenvalue weighted by Crippen LogP contribution is -2.07. The van der Waals surface area contributed by atoms with Crippen molar-refractivity contribution in [1.82, 2.24) is 4.98 Å². The van der Waals surface area contributed by atoms with Crippen molar-refractivity contribution in [3.63, 3.8) is 0 Å². The van der Waals surface area contributed by atoms with Crippen LogP contribution in [0.5, 0.6) is 0 Å². The quantitative estimate of drug-likeness (QED) is 0.554. The molecule has 1 aliphatic heterocycles. The van der Waals surface area contributed by atoms with E-state index in [1.807, 2.05) is 30.3 Å². The van der Waals surface area contributed by atoms with E-state index in [4.69, 9.17) is 4.99 Å². The Kier molecular flexibility index (Phi) is 2.97. The van der Waals surface area contributed by atoms with E-state index >= 15 is 0 Å². The third-order valence-electron chi connectivity index (χ3n) is 3.83. The maximum absolute atomic E-state index is 4.90. The molecule has 0 spiro atoms. The van der Waals surface area contributed by atoms with Gasteiger partial charge < -0.3 is 5.32 Å². The number of hydrogen-bond acceptors (Lipinski definition) is 3. The Morgan fingerprint density at radius 3 is 2.59 bits per heavy atom. The van der Waals surface area contributed by atoms with Gasteiger partial charge in [-0.3, -0.25) is 0 Å². The molecule has 0 radical (unpaired) electrons. The number of pyridine rings is 1. The summed E-state index contributed by atoms with van der Waals surface area (Å²) in [4.78, 5) is 9.32. The zero-order chi connectivity index (χ0) is 14.9. The lowest BCUT2D eigenvalue weighted by molar-refractivity contribution is 1.30. The first-order valence-electron chi connectivity index (χ1n) is 7.29. The molecule has 0 unspecified atom stereocenters. The molecule has 22 heavy (non-hydrogen) atoms. The predicted octanol–water partition coefficient (Wildman–Crippen LogP) is 4.62. The van der Waals surface area contributed by atoms with Crippen molar-refractivity contribution >= 4 is 22.9 Å². The molecule has 3 heteroatoms. The van der Waals surface area contributed by atoms with Crippen LogP contribution in [0.25, 0.3) is 0 Å². The second kappa shape index (κ2) is 5.11. The van der Waals surface area contributed by atoms with Crippen LogP contribution in [0.3, 0.4) is 0 Å². The summed E-state index contributed by atoms with van der Waals surface area (Å²) < 4.78 is 0. The van der Waals surface area contributed by atoms with E-state index in [9.17, 15) is 0 Å². The van der Waals surface area contributed by atoms with E-state index in [1.54, 1.807) is 6.20 Å². The van der Waals surface area contributed by atoms with Gasteiger partial charge in [-0.2, -0.15) is 0 Å². The summed E-state index contributed by atoms with van der Waals surface area (Å²) in [6.45, 7) is 2.11. The van der Waals surface area contributed by atoms with E-state index in [2.05, 4.69) is 47.6 Å². The van der Waals surface area contributed by atoms with Crippen molar-refractivity contribution < 1.29 is 0 Å². The van der Waals surface area contributed by atoms with Crippen molar-refractivity contribution in [3.05, 3.63) is 83.6 Å². The first-order chi connectivity index (χ1) is 10.8. The normalized spacial score (nSPS) is 12.5. The number of fused-ring (bicyclic) bond motifs is 2. The Labute approximate surface area is 129 Å². The summed E-state index contributed by atoms with van der Waals surface area (Å²) in [7, 11) is 0. The van der Waals surface area contributed by atoms with Crippen LogP contribution < -0.4 is 5.32 Å². The summed E-state index contributed by atoms with van der Waals surface area (Å²) >= 11 is 0. The maximum Gasteiger partial charge on any atom is 0.156 e. The van der Waals surface area contributed by atoms with Crippen molar-refractivity contribution in [1.29, 1.82) is 0 Å². The smallest absolute Gasteiger partial charge is 0.156 e. The highest BCUT2D eigenvalue weighted by molar-refractivity contribution is 6.19. The zero-order valence-electron chi connectivity index (χ0n) is 12.2. The van der Waals surface area contributed by atoms with Crippen LogP contribution in [0.15, 0.2) is 71.9 Å². The third kappa shape index (κ3) is 2.07. The van der Waals surface area contributed by atoms with Crippen molar-refractivity contribution in [2.45, 2.75) is 6.92 Å². The van der Waals surface area contributed by atoms with E-state index in [-0.39, 0.29) is 0 Å². The van der Waals surface area contributed by atoms with E-state index in [0.29, 0.717) is 0 Å². The number of rotatable bonds is 1. The van der Waals surface area contributed by atoms with Crippen LogP contribution in [-0.4, -0.2) is 10.7 Å². The molecule has 0 atom stereocenters. The molecule has 106 valence electrons.